The number of halogens is 1. The van der Waals surface area contributed by atoms with E-state index in [-0.39, 0.29) is 11.3 Å². The first kappa shape index (κ1) is 10.8. The second-order valence-electron chi connectivity index (χ2n) is 2.50. The fraction of sp³-hybridized carbons (Fsp3) is 0.222. The van der Waals surface area contributed by atoms with Crippen molar-refractivity contribution in [2.75, 3.05) is 14.2 Å². The molecule has 1 aromatic carbocycles. The van der Waals surface area contributed by atoms with Crippen molar-refractivity contribution in [2.45, 2.75) is 0 Å². The number of esters is 1. The number of carbonyl (C=O) groups is 1. The summed E-state index contributed by atoms with van der Waals surface area (Å²) in [4.78, 5) is 11.2. The van der Waals surface area contributed by atoms with E-state index in [1.165, 1.54) is 26.4 Å². The zero-order valence-corrected chi connectivity index (χ0v) is 9.29. The second-order valence-corrected chi connectivity index (χ2v) is 3.35. The standard InChI is InChI=1S/C9H9BrO4/c1-13-8-4-6(10)7(11)3-5(8)9(12)14-2/h3-4,11H,1-2H3. The molecule has 1 N–H and O–H groups in total. The van der Waals surface area contributed by atoms with Crippen molar-refractivity contribution in [3.05, 3.63) is 22.2 Å². The molecule has 76 valence electrons. The van der Waals surface area contributed by atoms with Crippen LogP contribution in [-0.4, -0.2) is 25.3 Å². The molecule has 5 heteroatoms. The van der Waals surface area contributed by atoms with Gasteiger partial charge in [0.25, 0.3) is 0 Å². The maximum absolute atomic E-state index is 11.2. The first-order chi connectivity index (χ1) is 6.60. The third-order valence-electron chi connectivity index (χ3n) is 1.67. The number of phenols is 1. The highest BCUT2D eigenvalue weighted by Gasteiger charge is 2.15. The van der Waals surface area contributed by atoms with Gasteiger partial charge in [-0.15, -0.1) is 0 Å². The Morgan fingerprint density at radius 2 is 2.07 bits per heavy atom. The molecule has 0 spiro atoms. The molecule has 0 aromatic heterocycles. The van der Waals surface area contributed by atoms with Gasteiger partial charge in [-0.1, -0.05) is 0 Å². The topological polar surface area (TPSA) is 55.8 Å². The van der Waals surface area contributed by atoms with Crippen LogP contribution in [0.2, 0.25) is 0 Å². The van der Waals surface area contributed by atoms with Crippen LogP contribution in [0, 0.1) is 0 Å². The minimum absolute atomic E-state index is 0.0359. The predicted octanol–water partition coefficient (Wildman–Crippen LogP) is 1.95. The van der Waals surface area contributed by atoms with Crippen LogP contribution in [0.5, 0.6) is 11.5 Å². The van der Waals surface area contributed by atoms with Gasteiger partial charge in [0.15, 0.2) is 0 Å². The molecule has 14 heavy (non-hydrogen) atoms. The summed E-state index contributed by atoms with van der Waals surface area (Å²) in [6.07, 6.45) is 0. The van der Waals surface area contributed by atoms with E-state index in [2.05, 4.69) is 20.7 Å². The maximum atomic E-state index is 11.2. The molecule has 0 radical (unpaired) electrons. The smallest absolute Gasteiger partial charge is 0.341 e. The van der Waals surface area contributed by atoms with Crippen LogP contribution in [0.1, 0.15) is 10.4 Å². The van der Waals surface area contributed by atoms with Crippen molar-refractivity contribution in [1.82, 2.24) is 0 Å². The van der Waals surface area contributed by atoms with Gasteiger partial charge < -0.3 is 14.6 Å². The molecular formula is C9H9BrO4. The molecule has 4 nitrogen and oxygen atoms in total. The number of rotatable bonds is 2. The summed E-state index contributed by atoms with van der Waals surface area (Å²) in [5.74, 6) is -0.239. The number of aromatic hydroxyl groups is 1. The van der Waals surface area contributed by atoms with Crippen LogP contribution >= 0.6 is 15.9 Å². The van der Waals surface area contributed by atoms with Crippen LogP contribution in [0.15, 0.2) is 16.6 Å². The molecule has 0 heterocycles. The second kappa shape index (κ2) is 4.32. The Hall–Kier alpha value is -1.23. The molecule has 1 aromatic rings. The zero-order valence-electron chi connectivity index (χ0n) is 7.70. The van der Waals surface area contributed by atoms with Crippen molar-refractivity contribution >= 4 is 21.9 Å². The molecule has 0 bridgehead atoms. The summed E-state index contributed by atoms with van der Waals surface area (Å²) in [5, 5.41) is 9.35. The van der Waals surface area contributed by atoms with E-state index in [0.29, 0.717) is 10.2 Å². The number of carbonyl (C=O) groups excluding carboxylic acids is 1. The van der Waals surface area contributed by atoms with Gasteiger partial charge in [0.2, 0.25) is 0 Å². The van der Waals surface area contributed by atoms with E-state index in [1.54, 1.807) is 0 Å². The lowest BCUT2D eigenvalue weighted by atomic mass is 10.2. The lowest BCUT2D eigenvalue weighted by molar-refractivity contribution is 0.0596. The third kappa shape index (κ3) is 1.98. The molecule has 0 aliphatic carbocycles. The number of methoxy groups -OCH3 is 2. The van der Waals surface area contributed by atoms with Gasteiger partial charge in [0.1, 0.15) is 17.1 Å². The first-order valence-corrected chi connectivity index (χ1v) is 4.54. The number of ether oxygens (including phenoxy) is 2. The Labute approximate surface area is 89.6 Å². The summed E-state index contributed by atoms with van der Waals surface area (Å²) >= 11 is 3.11. The molecule has 0 fully saturated rings. The van der Waals surface area contributed by atoms with Gasteiger partial charge in [0.05, 0.1) is 18.7 Å². The summed E-state index contributed by atoms with van der Waals surface area (Å²) < 4.78 is 9.95. The number of hydrogen-bond donors (Lipinski definition) is 1. The average molecular weight is 261 g/mol. The van der Waals surface area contributed by atoms with Crippen molar-refractivity contribution in [2.24, 2.45) is 0 Å². The van der Waals surface area contributed by atoms with Crippen molar-refractivity contribution in [3.8, 4) is 11.5 Å². The van der Waals surface area contributed by atoms with Crippen LogP contribution in [0.25, 0.3) is 0 Å². The molecular weight excluding hydrogens is 252 g/mol. The molecule has 0 amide bonds. The summed E-state index contributed by atoms with van der Waals surface area (Å²) in [7, 11) is 2.70. The summed E-state index contributed by atoms with van der Waals surface area (Å²) in [5.41, 5.74) is 0.190. The van der Waals surface area contributed by atoms with E-state index >= 15 is 0 Å². The zero-order chi connectivity index (χ0) is 10.7. The normalized spacial score (nSPS) is 9.64. The minimum atomic E-state index is -0.551. The van der Waals surface area contributed by atoms with Gasteiger partial charge >= 0.3 is 5.97 Å². The van der Waals surface area contributed by atoms with E-state index in [4.69, 9.17) is 4.74 Å². The van der Waals surface area contributed by atoms with E-state index in [1.807, 2.05) is 0 Å². The molecule has 0 aliphatic heterocycles. The molecule has 0 unspecified atom stereocenters. The van der Waals surface area contributed by atoms with Gasteiger partial charge in [-0.3, -0.25) is 0 Å². The Balaban J connectivity index is 3.27. The highest BCUT2D eigenvalue weighted by atomic mass is 79.9. The van der Waals surface area contributed by atoms with Crippen molar-refractivity contribution in [3.63, 3.8) is 0 Å². The number of phenolic OH excluding ortho intramolecular Hbond substituents is 1. The lowest BCUT2D eigenvalue weighted by Crippen LogP contribution is -2.03. The monoisotopic (exact) mass is 260 g/mol. The summed E-state index contributed by atoms with van der Waals surface area (Å²) in [6.45, 7) is 0. The fourth-order valence-electron chi connectivity index (χ4n) is 0.982. The van der Waals surface area contributed by atoms with Gasteiger partial charge in [-0.2, -0.15) is 0 Å². The Bertz CT molecular complexity index is 362. The number of hydrogen-bond acceptors (Lipinski definition) is 4. The van der Waals surface area contributed by atoms with E-state index < -0.39 is 5.97 Å². The molecule has 0 atom stereocenters. The van der Waals surface area contributed by atoms with Crippen molar-refractivity contribution < 1.29 is 19.4 Å². The van der Waals surface area contributed by atoms with E-state index in [0.717, 1.165) is 0 Å². The van der Waals surface area contributed by atoms with Crippen LogP contribution < -0.4 is 4.74 Å². The molecule has 0 aliphatic rings. The lowest BCUT2D eigenvalue weighted by Gasteiger charge is -2.08. The fourth-order valence-corrected chi connectivity index (χ4v) is 1.30. The van der Waals surface area contributed by atoms with Gasteiger partial charge in [-0.05, 0) is 28.1 Å². The third-order valence-corrected chi connectivity index (χ3v) is 2.31. The summed E-state index contributed by atoms with van der Waals surface area (Å²) in [6, 6.07) is 2.79. The average Bonchev–Trinajstić information content (AvgIpc) is 2.20. The highest BCUT2D eigenvalue weighted by molar-refractivity contribution is 9.10. The van der Waals surface area contributed by atoms with Crippen LogP contribution in [-0.2, 0) is 4.74 Å². The Kier molecular flexibility index (Phi) is 3.35. The largest absolute Gasteiger partial charge is 0.507 e. The van der Waals surface area contributed by atoms with Crippen molar-refractivity contribution in [1.29, 1.82) is 0 Å². The molecule has 0 saturated heterocycles. The Morgan fingerprint density at radius 1 is 1.43 bits per heavy atom. The number of benzene rings is 1. The van der Waals surface area contributed by atoms with E-state index in [9.17, 15) is 9.90 Å². The molecule has 1 rings (SSSR count). The predicted molar refractivity (Wildman–Crippen MR) is 53.7 cm³/mol. The SMILES string of the molecule is COC(=O)c1cc(O)c(Br)cc1OC. The van der Waals surface area contributed by atoms with Crippen LogP contribution in [0.4, 0.5) is 0 Å². The molecule has 0 saturated carbocycles. The quantitative estimate of drug-likeness (QED) is 0.826. The maximum Gasteiger partial charge on any atom is 0.341 e. The minimum Gasteiger partial charge on any atom is -0.507 e. The highest BCUT2D eigenvalue weighted by Crippen LogP contribution is 2.32. The van der Waals surface area contributed by atoms with Gasteiger partial charge in [-0.25, -0.2) is 4.79 Å². The Morgan fingerprint density at radius 3 is 2.57 bits per heavy atom. The van der Waals surface area contributed by atoms with Crippen LogP contribution in [0.3, 0.4) is 0 Å². The van der Waals surface area contributed by atoms with Gasteiger partial charge in [0, 0.05) is 0 Å². The first-order valence-electron chi connectivity index (χ1n) is 3.75.